The van der Waals surface area contributed by atoms with E-state index < -0.39 is 0 Å². The van der Waals surface area contributed by atoms with Crippen LogP contribution in [0.3, 0.4) is 0 Å². The lowest BCUT2D eigenvalue weighted by Crippen LogP contribution is -2.15. The standard InChI is InChI=1S/C11H20N2/c1-5-8-13-11(7-9-12-4)10(3)6-2/h6-7,9,13H,5,8H2,1-4H3/b10-6-,11-7+,12-9?. The van der Waals surface area contributed by atoms with Crippen molar-refractivity contribution in [1.29, 1.82) is 0 Å². The molecule has 0 amide bonds. The summed E-state index contributed by atoms with van der Waals surface area (Å²) in [5.74, 6) is 0. The van der Waals surface area contributed by atoms with Gasteiger partial charge in [0.25, 0.3) is 0 Å². The molecule has 0 aromatic heterocycles. The minimum atomic E-state index is 1.01. The first kappa shape index (κ1) is 11.9. The molecule has 1 N–H and O–H groups in total. The number of aliphatic imine (C=N–C) groups is 1. The van der Waals surface area contributed by atoms with Crippen LogP contribution in [0.5, 0.6) is 0 Å². The van der Waals surface area contributed by atoms with Gasteiger partial charge in [-0.1, -0.05) is 13.0 Å². The Morgan fingerprint density at radius 2 is 2.15 bits per heavy atom. The van der Waals surface area contributed by atoms with Crippen LogP contribution in [0.2, 0.25) is 0 Å². The summed E-state index contributed by atoms with van der Waals surface area (Å²) in [4.78, 5) is 3.93. The Bertz CT molecular complexity index is 212. The van der Waals surface area contributed by atoms with Crippen LogP contribution in [0.1, 0.15) is 27.2 Å². The molecular weight excluding hydrogens is 160 g/mol. The van der Waals surface area contributed by atoms with Gasteiger partial charge in [-0.25, -0.2) is 0 Å². The van der Waals surface area contributed by atoms with Crippen molar-refractivity contribution in [2.24, 2.45) is 4.99 Å². The zero-order valence-electron chi connectivity index (χ0n) is 9.09. The summed E-state index contributed by atoms with van der Waals surface area (Å²) in [6.07, 6.45) is 7.05. The maximum atomic E-state index is 3.93. The minimum Gasteiger partial charge on any atom is -0.385 e. The molecule has 0 saturated heterocycles. The Morgan fingerprint density at radius 1 is 1.46 bits per heavy atom. The van der Waals surface area contributed by atoms with Crippen LogP contribution < -0.4 is 5.32 Å². The second-order valence-corrected chi connectivity index (χ2v) is 2.89. The van der Waals surface area contributed by atoms with Crippen LogP contribution in [0.15, 0.2) is 28.4 Å². The Kier molecular flexibility index (Phi) is 6.98. The van der Waals surface area contributed by atoms with Gasteiger partial charge in [-0.05, 0) is 31.9 Å². The Hall–Kier alpha value is -1.05. The van der Waals surface area contributed by atoms with Crippen LogP contribution in [0.25, 0.3) is 0 Å². The molecule has 0 fully saturated rings. The zero-order valence-corrected chi connectivity index (χ0v) is 9.09. The molecule has 0 saturated carbocycles. The average Bonchev–Trinajstić information content (AvgIpc) is 2.17. The monoisotopic (exact) mass is 180 g/mol. The Morgan fingerprint density at radius 3 is 2.62 bits per heavy atom. The molecule has 2 nitrogen and oxygen atoms in total. The highest BCUT2D eigenvalue weighted by molar-refractivity contribution is 5.73. The zero-order chi connectivity index (χ0) is 10.1. The molecule has 0 unspecified atom stereocenters. The fraction of sp³-hybridized carbons (Fsp3) is 0.545. The van der Waals surface area contributed by atoms with Crippen molar-refractivity contribution in [3.05, 3.63) is 23.4 Å². The first-order valence-electron chi connectivity index (χ1n) is 4.75. The van der Waals surface area contributed by atoms with Gasteiger partial charge in [0.1, 0.15) is 0 Å². The van der Waals surface area contributed by atoms with E-state index in [1.165, 1.54) is 5.57 Å². The lowest BCUT2D eigenvalue weighted by atomic mass is 10.2. The Balaban J connectivity index is 4.36. The first-order valence-corrected chi connectivity index (χ1v) is 4.75. The molecule has 0 aromatic rings. The maximum Gasteiger partial charge on any atom is 0.0381 e. The van der Waals surface area contributed by atoms with E-state index >= 15 is 0 Å². The summed E-state index contributed by atoms with van der Waals surface area (Å²) in [5.41, 5.74) is 2.42. The number of hydrogen-bond donors (Lipinski definition) is 1. The molecule has 0 aliphatic heterocycles. The van der Waals surface area contributed by atoms with Crippen LogP contribution in [-0.2, 0) is 0 Å². The molecule has 13 heavy (non-hydrogen) atoms. The highest BCUT2D eigenvalue weighted by atomic mass is 14.9. The third-order valence-corrected chi connectivity index (χ3v) is 1.81. The largest absolute Gasteiger partial charge is 0.385 e. The summed E-state index contributed by atoms with van der Waals surface area (Å²) in [6.45, 7) is 7.30. The van der Waals surface area contributed by atoms with E-state index in [1.807, 2.05) is 19.2 Å². The molecule has 0 bridgehead atoms. The molecule has 0 rings (SSSR count). The van der Waals surface area contributed by atoms with E-state index in [2.05, 4.69) is 30.2 Å². The van der Waals surface area contributed by atoms with E-state index in [9.17, 15) is 0 Å². The van der Waals surface area contributed by atoms with Gasteiger partial charge in [-0.2, -0.15) is 0 Å². The molecule has 2 heteroatoms. The van der Waals surface area contributed by atoms with Crippen molar-refractivity contribution in [3.63, 3.8) is 0 Å². The first-order chi connectivity index (χ1) is 6.26. The van der Waals surface area contributed by atoms with E-state index in [1.54, 1.807) is 7.05 Å². The molecule has 0 aliphatic rings. The highest BCUT2D eigenvalue weighted by Crippen LogP contribution is 2.04. The van der Waals surface area contributed by atoms with Crippen molar-refractivity contribution in [1.82, 2.24) is 5.32 Å². The van der Waals surface area contributed by atoms with E-state index in [0.717, 1.165) is 18.7 Å². The van der Waals surface area contributed by atoms with Gasteiger partial charge in [0.2, 0.25) is 0 Å². The van der Waals surface area contributed by atoms with Crippen LogP contribution in [0.4, 0.5) is 0 Å². The van der Waals surface area contributed by atoms with Gasteiger partial charge in [-0.3, -0.25) is 4.99 Å². The predicted octanol–water partition coefficient (Wildman–Crippen LogP) is 2.54. The van der Waals surface area contributed by atoms with Crippen molar-refractivity contribution in [3.8, 4) is 0 Å². The van der Waals surface area contributed by atoms with Crippen LogP contribution >= 0.6 is 0 Å². The molecule has 0 heterocycles. The van der Waals surface area contributed by atoms with Crippen molar-refractivity contribution >= 4 is 6.21 Å². The SMILES string of the molecule is C/C=C(C)\C(=C/C=NC)NCCC. The van der Waals surface area contributed by atoms with Gasteiger partial charge in [0.15, 0.2) is 0 Å². The molecule has 74 valence electrons. The van der Waals surface area contributed by atoms with E-state index in [-0.39, 0.29) is 0 Å². The number of nitrogens with one attached hydrogen (secondary N) is 1. The van der Waals surface area contributed by atoms with Crippen molar-refractivity contribution < 1.29 is 0 Å². The summed E-state index contributed by atoms with van der Waals surface area (Å²) < 4.78 is 0. The van der Waals surface area contributed by atoms with Gasteiger partial charge in [0.05, 0.1) is 0 Å². The summed E-state index contributed by atoms with van der Waals surface area (Å²) >= 11 is 0. The quantitative estimate of drug-likeness (QED) is 0.510. The second kappa shape index (κ2) is 7.59. The number of nitrogens with zero attached hydrogens (tertiary/aromatic N) is 1. The number of allylic oxidation sites excluding steroid dienone is 3. The second-order valence-electron chi connectivity index (χ2n) is 2.89. The molecule has 0 spiro atoms. The summed E-state index contributed by atoms with van der Waals surface area (Å²) in [5, 5.41) is 3.36. The topological polar surface area (TPSA) is 24.4 Å². The lowest BCUT2D eigenvalue weighted by Gasteiger charge is -2.09. The fourth-order valence-corrected chi connectivity index (χ4v) is 0.894. The fourth-order valence-electron chi connectivity index (χ4n) is 0.894. The predicted molar refractivity (Wildman–Crippen MR) is 60.2 cm³/mol. The van der Waals surface area contributed by atoms with Gasteiger partial charge in [-0.15, -0.1) is 0 Å². The van der Waals surface area contributed by atoms with E-state index in [0.29, 0.717) is 0 Å². The average molecular weight is 180 g/mol. The van der Waals surface area contributed by atoms with Gasteiger partial charge < -0.3 is 5.32 Å². The normalized spacial score (nSPS) is 13.8. The summed E-state index contributed by atoms with van der Waals surface area (Å²) in [7, 11) is 1.78. The third kappa shape index (κ3) is 5.23. The maximum absolute atomic E-state index is 3.93. The molecule has 0 aliphatic carbocycles. The number of rotatable bonds is 5. The summed E-state index contributed by atoms with van der Waals surface area (Å²) in [6, 6.07) is 0. The van der Waals surface area contributed by atoms with Crippen LogP contribution in [-0.4, -0.2) is 19.8 Å². The highest BCUT2D eigenvalue weighted by Gasteiger charge is 1.95. The molecule has 0 radical (unpaired) electrons. The van der Waals surface area contributed by atoms with Gasteiger partial charge in [0, 0.05) is 25.5 Å². The van der Waals surface area contributed by atoms with E-state index in [4.69, 9.17) is 0 Å². The van der Waals surface area contributed by atoms with Crippen LogP contribution in [0, 0.1) is 0 Å². The molecule has 0 aromatic carbocycles. The minimum absolute atomic E-state index is 1.01. The van der Waals surface area contributed by atoms with Crippen molar-refractivity contribution in [2.75, 3.05) is 13.6 Å². The van der Waals surface area contributed by atoms with Gasteiger partial charge >= 0.3 is 0 Å². The number of hydrogen-bond acceptors (Lipinski definition) is 2. The third-order valence-electron chi connectivity index (χ3n) is 1.81. The lowest BCUT2D eigenvalue weighted by molar-refractivity contribution is 0.776. The molecular formula is C11H20N2. The smallest absolute Gasteiger partial charge is 0.0381 e. The van der Waals surface area contributed by atoms with Crippen molar-refractivity contribution in [2.45, 2.75) is 27.2 Å². The Labute approximate surface area is 81.5 Å². The molecule has 0 atom stereocenters.